The molecule has 2 N–H and O–H groups in total. The van der Waals surface area contributed by atoms with E-state index in [1.807, 2.05) is 48.2 Å². The summed E-state index contributed by atoms with van der Waals surface area (Å²) in [5.74, 6) is 2.20. The van der Waals surface area contributed by atoms with Crippen LogP contribution < -0.4 is 5.32 Å². The van der Waals surface area contributed by atoms with Crippen molar-refractivity contribution >= 4 is 34.3 Å². The molecule has 0 bridgehead atoms. The first kappa shape index (κ1) is 16.2. The van der Waals surface area contributed by atoms with Crippen molar-refractivity contribution < 1.29 is 4.79 Å². The SMILES string of the molecule is O=C(Nc1cccc(CN2CCSCC2)c1)c1n[nH]c2ccccc12. The van der Waals surface area contributed by atoms with Crippen LogP contribution in [0.5, 0.6) is 0 Å². The first-order valence-electron chi connectivity index (χ1n) is 8.43. The van der Waals surface area contributed by atoms with Gasteiger partial charge in [-0.05, 0) is 23.8 Å². The highest BCUT2D eigenvalue weighted by Crippen LogP contribution is 2.19. The van der Waals surface area contributed by atoms with Crippen molar-refractivity contribution in [1.82, 2.24) is 15.1 Å². The summed E-state index contributed by atoms with van der Waals surface area (Å²) in [6.07, 6.45) is 0. The lowest BCUT2D eigenvalue weighted by atomic mass is 10.1. The maximum atomic E-state index is 12.6. The standard InChI is InChI=1S/C19H20N4OS/c24-19(18-16-6-1-2-7-17(16)21-22-18)20-15-5-3-4-14(12-15)13-23-8-10-25-11-9-23/h1-7,12H,8-11,13H2,(H,20,24)(H,21,22). The third-order valence-electron chi connectivity index (χ3n) is 4.38. The van der Waals surface area contributed by atoms with Gasteiger partial charge in [0.2, 0.25) is 0 Å². The van der Waals surface area contributed by atoms with Crippen molar-refractivity contribution in [2.45, 2.75) is 6.54 Å². The van der Waals surface area contributed by atoms with E-state index in [1.54, 1.807) is 0 Å². The lowest BCUT2D eigenvalue weighted by molar-refractivity contribution is 0.102. The second-order valence-electron chi connectivity index (χ2n) is 6.16. The number of nitrogens with one attached hydrogen (secondary N) is 2. The van der Waals surface area contributed by atoms with Crippen molar-refractivity contribution in [2.24, 2.45) is 0 Å². The molecule has 2 heterocycles. The smallest absolute Gasteiger partial charge is 0.276 e. The van der Waals surface area contributed by atoms with Gasteiger partial charge in [-0.25, -0.2) is 0 Å². The molecule has 4 rings (SSSR count). The van der Waals surface area contributed by atoms with E-state index in [4.69, 9.17) is 0 Å². The Labute approximate surface area is 150 Å². The highest BCUT2D eigenvalue weighted by Gasteiger charge is 2.15. The zero-order valence-corrected chi connectivity index (χ0v) is 14.7. The molecule has 1 aromatic heterocycles. The summed E-state index contributed by atoms with van der Waals surface area (Å²) in [7, 11) is 0. The predicted octanol–water partition coefficient (Wildman–Crippen LogP) is 3.36. The van der Waals surface area contributed by atoms with Crippen molar-refractivity contribution in [2.75, 3.05) is 29.9 Å². The Morgan fingerprint density at radius 1 is 1.16 bits per heavy atom. The van der Waals surface area contributed by atoms with Crippen molar-refractivity contribution in [1.29, 1.82) is 0 Å². The number of hydrogen-bond donors (Lipinski definition) is 2. The van der Waals surface area contributed by atoms with Crippen LogP contribution in [0.15, 0.2) is 48.5 Å². The Morgan fingerprint density at radius 2 is 2.00 bits per heavy atom. The monoisotopic (exact) mass is 352 g/mol. The van der Waals surface area contributed by atoms with Crippen LogP contribution in [0.25, 0.3) is 10.9 Å². The molecule has 0 saturated carbocycles. The molecule has 0 radical (unpaired) electrons. The number of fused-ring (bicyclic) bond motifs is 1. The summed E-state index contributed by atoms with van der Waals surface area (Å²) >= 11 is 2.01. The molecule has 3 aromatic rings. The second kappa shape index (κ2) is 7.29. The molecule has 0 spiro atoms. The van der Waals surface area contributed by atoms with E-state index in [-0.39, 0.29) is 5.91 Å². The van der Waals surface area contributed by atoms with Gasteiger partial charge < -0.3 is 5.32 Å². The van der Waals surface area contributed by atoms with E-state index in [0.29, 0.717) is 5.69 Å². The zero-order chi connectivity index (χ0) is 17.1. The van der Waals surface area contributed by atoms with Crippen LogP contribution in [0.4, 0.5) is 5.69 Å². The highest BCUT2D eigenvalue weighted by atomic mass is 32.2. The summed E-state index contributed by atoms with van der Waals surface area (Å²) in [6.45, 7) is 3.18. The van der Waals surface area contributed by atoms with Gasteiger partial charge in [0.05, 0.1) is 5.52 Å². The van der Waals surface area contributed by atoms with Gasteiger partial charge in [-0.3, -0.25) is 14.8 Å². The number of para-hydroxylation sites is 1. The van der Waals surface area contributed by atoms with Gasteiger partial charge in [0, 0.05) is 42.2 Å². The molecule has 128 valence electrons. The van der Waals surface area contributed by atoms with Gasteiger partial charge in [0.1, 0.15) is 0 Å². The van der Waals surface area contributed by atoms with Crippen LogP contribution in [0, 0.1) is 0 Å². The minimum atomic E-state index is -0.191. The average molecular weight is 352 g/mol. The maximum absolute atomic E-state index is 12.6. The normalized spacial score (nSPS) is 15.4. The van der Waals surface area contributed by atoms with Crippen molar-refractivity contribution in [3.63, 3.8) is 0 Å². The van der Waals surface area contributed by atoms with Gasteiger partial charge in [0.25, 0.3) is 5.91 Å². The van der Waals surface area contributed by atoms with E-state index in [1.165, 1.54) is 17.1 Å². The number of benzene rings is 2. The quantitative estimate of drug-likeness (QED) is 0.756. The van der Waals surface area contributed by atoms with Crippen LogP contribution in [0.3, 0.4) is 0 Å². The number of anilines is 1. The number of amides is 1. The third-order valence-corrected chi connectivity index (χ3v) is 5.32. The van der Waals surface area contributed by atoms with Crippen LogP contribution in [0.2, 0.25) is 0 Å². The molecule has 1 saturated heterocycles. The molecular weight excluding hydrogens is 332 g/mol. The molecule has 0 atom stereocenters. The van der Waals surface area contributed by atoms with E-state index in [2.05, 4.69) is 32.5 Å². The molecule has 0 unspecified atom stereocenters. The number of thioether (sulfide) groups is 1. The van der Waals surface area contributed by atoms with E-state index < -0.39 is 0 Å². The summed E-state index contributed by atoms with van der Waals surface area (Å²) in [6, 6.07) is 15.7. The topological polar surface area (TPSA) is 61.0 Å². The molecule has 25 heavy (non-hydrogen) atoms. The molecule has 1 aliphatic heterocycles. The van der Waals surface area contributed by atoms with Crippen LogP contribution in [0.1, 0.15) is 16.1 Å². The Bertz CT molecular complexity index is 886. The van der Waals surface area contributed by atoms with E-state index >= 15 is 0 Å². The number of aromatic nitrogens is 2. The molecule has 0 aliphatic carbocycles. The first-order chi connectivity index (χ1) is 12.3. The van der Waals surface area contributed by atoms with E-state index in [0.717, 1.165) is 36.2 Å². The Balaban J connectivity index is 1.48. The average Bonchev–Trinajstić information content (AvgIpc) is 3.07. The minimum absolute atomic E-state index is 0.191. The van der Waals surface area contributed by atoms with Gasteiger partial charge in [-0.15, -0.1) is 0 Å². The number of hydrogen-bond acceptors (Lipinski definition) is 4. The fourth-order valence-electron chi connectivity index (χ4n) is 3.09. The van der Waals surface area contributed by atoms with Gasteiger partial charge in [-0.1, -0.05) is 30.3 Å². The lowest BCUT2D eigenvalue weighted by Gasteiger charge is -2.26. The third kappa shape index (κ3) is 3.70. The number of nitrogens with zero attached hydrogens (tertiary/aromatic N) is 2. The van der Waals surface area contributed by atoms with Crippen LogP contribution >= 0.6 is 11.8 Å². The molecule has 1 amide bonds. The van der Waals surface area contributed by atoms with E-state index in [9.17, 15) is 4.79 Å². The molecular formula is C19H20N4OS. The maximum Gasteiger partial charge on any atom is 0.276 e. The zero-order valence-electron chi connectivity index (χ0n) is 13.9. The molecule has 1 aliphatic rings. The number of carbonyl (C=O) groups is 1. The summed E-state index contributed by atoms with van der Waals surface area (Å²) in [4.78, 5) is 15.0. The number of carbonyl (C=O) groups excluding carboxylic acids is 1. The number of H-pyrrole nitrogens is 1. The largest absolute Gasteiger partial charge is 0.321 e. The minimum Gasteiger partial charge on any atom is -0.321 e. The van der Waals surface area contributed by atoms with Gasteiger partial charge in [0.15, 0.2) is 5.69 Å². The molecule has 5 nitrogen and oxygen atoms in total. The molecule has 1 fully saturated rings. The highest BCUT2D eigenvalue weighted by molar-refractivity contribution is 7.99. The summed E-state index contributed by atoms with van der Waals surface area (Å²) in [5.41, 5.74) is 3.32. The Kier molecular flexibility index (Phi) is 4.72. The van der Waals surface area contributed by atoms with Crippen molar-refractivity contribution in [3.8, 4) is 0 Å². The van der Waals surface area contributed by atoms with Gasteiger partial charge in [-0.2, -0.15) is 16.9 Å². The number of rotatable bonds is 4. The number of aromatic amines is 1. The fourth-order valence-corrected chi connectivity index (χ4v) is 4.07. The lowest BCUT2D eigenvalue weighted by Crippen LogP contribution is -2.31. The van der Waals surface area contributed by atoms with Crippen molar-refractivity contribution in [3.05, 3.63) is 59.8 Å². The summed E-state index contributed by atoms with van der Waals surface area (Å²) < 4.78 is 0. The predicted molar refractivity (Wildman–Crippen MR) is 103 cm³/mol. The van der Waals surface area contributed by atoms with Crippen LogP contribution in [-0.4, -0.2) is 45.6 Å². The molecule has 6 heteroatoms. The Morgan fingerprint density at radius 3 is 2.88 bits per heavy atom. The fraction of sp³-hybridized carbons (Fsp3) is 0.263. The van der Waals surface area contributed by atoms with Crippen LogP contribution in [-0.2, 0) is 6.54 Å². The first-order valence-corrected chi connectivity index (χ1v) is 9.58. The summed E-state index contributed by atoms with van der Waals surface area (Å²) in [5, 5.41) is 10.9. The second-order valence-corrected chi connectivity index (χ2v) is 7.39. The Hall–Kier alpha value is -2.31. The molecule has 2 aromatic carbocycles. The van der Waals surface area contributed by atoms with Gasteiger partial charge >= 0.3 is 0 Å².